The largest absolute Gasteiger partial charge is 0.385 e. The normalized spacial score (nSPS) is 23.2. The van der Waals surface area contributed by atoms with Crippen LogP contribution < -0.4 is 5.32 Å². The first-order valence-corrected chi connectivity index (χ1v) is 6.96. The summed E-state index contributed by atoms with van der Waals surface area (Å²) in [6.45, 7) is 3.85. The van der Waals surface area contributed by atoms with Gasteiger partial charge in [-0.3, -0.25) is 4.98 Å². The quantitative estimate of drug-likeness (QED) is 0.867. The fraction of sp³-hybridized carbons (Fsp3) is 0.438. The molecule has 1 aliphatic rings. The maximum atomic E-state index is 10.9. The Kier molecular flexibility index (Phi) is 3.25. The van der Waals surface area contributed by atoms with Gasteiger partial charge in [0.2, 0.25) is 0 Å². The summed E-state index contributed by atoms with van der Waals surface area (Å²) < 4.78 is 0. The zero-order valence-electron chi connectivity index (χ0n) is 11.3. The molecule has 2 atom stereocenters. The van der Waals surface area contributed by atoms with Crippen molar-refractivity contribution >= 4 is 10.9 Å². The number of hydrogen-bond acceptors (Lipinski definition) is 3. The van der Waals surface area contributed by atoms with Crippen molar-refractivity contribution in [3.8, 4) is 0 Å². The number of aliphatic hydroxyl groups is 1. The van der Waals surface area contributed by atoms with Crippen molar-refractivity contribution in [1.29, 1.82) is 0 Å². The summed E-state index contributed by atoms with van der Waals surface area (Å²) in [4.78, 5) is 4.46. The second-order valence-corrected chi connectivity index (χ2v) is 5.61. The molecule has 1 aromatic heterocycles. The molecule has 3 nitrogen and oxygen atoms in total. The average molecular weight is 256 g/mol. The van der Waals surface area contributed by atoms with Crippen LogP contribution in [0.2, 0.25) is 0 Å². The molecule has 2 heterocycles. The molecule has 1 saturated heterocycles. The molecule has 0 saturated carbocycles. The number of nitrogens with zero attached hydrogens (tertiary/aromatic N) is 1. The molecule has 2 aromatic rings. The maximum absolute atomic E-state index is 10.9. The van der Waals surface area contributed by atoms with E-state index in [1.165, 1.54) is 0 Å². The molecule has 1 aliphatic heterocycles. The molecule has 1 fully saturated rings. The van der Waals surface area contributed by atoms with Gasteiger partial charge in [-0.25, -0.2) is 0 Å². The predicted molar refractivity (Wildman–Crippen MR) is 76.9 cm³/mol. The van der Waals surface area contributed by atoms with E-state index in [2.05, 4.69) is 16.4 Å². The minimum absolute atomic E-state index is 0.254. The van der Waals surface area contributed by atoms with E-state index in [4.69, 9.17) is 0 Å². The van der Waals surface area contributed by atoms with E-state index in [1.807, 2.05) is 37.4 Å². The van der Waals surface area contributed by atoms with E-state index < -0.39 is 5.60 Å². The Hall–Kier alpha value is -1.45. The van der Waals surface area contributed by atoms with Crippen LogP contribution in [-0.4, -0.2) is 23.2 Å². The van der Waals surface area contributed by atoms with E-state index in [9.17, 15) is 5.11 Å². The fourth-order valence-corrected chi connectivity index (χ4v) is 2.92. The van der Waals surface area contributed by atoms with Gasteiger partial charge in [0, 0.05) is 29.6 Å². The Labute approximate surface area is 113 Å². The minimum atomic E-state index is -0.815. The van der Waals surface area contributed by atoms with Crippen molar-refractivity contribution in [2.24, 2.45) is 5.92 Å². The van der Waals surface area contributed by atoms with Crippen molar-refractivity contribution in [2.45, 2.75) is 25.4 Å². The smallest absolute Gasteiger partial charge is 0.0923 e. The van der Waals surface area contributed by atoms with Crippen molar-refractivity contribution < 1.29 is 5.11 Å². The summed E-state index contributed by atoms with van der Waals surface area (Å²) in [6.07, 6.45) is 4.01. The van der Waals surface area contributed by atoms with Crippen molar-refractivity contribution in [3.63, 3.8) is 0 Å². The van der Waals surface area contributed by atoms with Gasteiger partial charge in [0.1, 0.15) is 0 Å². The summed E-state index contributed by atoms with van der Waals surface area (Å²) in [5.41, 5.74) is 1.08. The van der Waals surface area contributed by atoms with Gasteiger partial charge in [0.25, 0.3) is 0 Å². The van der Waals surface area contributed by atoms with Crippen LogP contribution in [0.4, 0.5) is 0 Å². The van der Waals surface area contributed by atoms with Gasteiger partial charge in [0.15, 0.2) is 0 Å². The maximum Gasteiger partial charge on any atom is 0.0923 e. The van der Waals surface area contributed by atoms with Crippen molar-refractivity contribution in [3.05, 3.63) is 42.1 Å². The lowest BCUT2D eigenvalue weighted by Crippen LogP contribution is -2.42. The third kappa shape index (κ3) is 2.36. The van der Waals surface area contributed by atoms with Crippen LogP contribution in [-0.2, 0) is 5.60 Å². The molecule has 1 aromatic carbocycles. The summed E-state index contributed by atoms with van der Waals surface area (Å²) in [5, 5.41) is 15.3. The number of rotatable bonds is 2. The zero-order valence-corrected chi connectivity index (χ0v) is 11.3. The second kappa shape index (κ2) is 4.91. The third-order valence-electron chi connectivity index (χ3n) is 4.27. The highest BCUT2D eigenvalue weighted by Crippen LogP contribution is 2.34. The molecule has 100 valence electrons. The Bertz CT molecular complexity index is 574. The second-order valence-electron chi connectivity index (χ2n) is 5.61. The number of benzene rings is 1. The molecule has 0 aliphatic carbocycles. The van der Waals surface area contributed by atoms with E-state index >= 15 is 0 Å². The highest BCUT2D eigenvalue weighted by atomic mass is 16.3. The Morgan fingerprint density at radius 3 is 3.00 bits per heavy atom. The summed E-state index contributed by atoms with van der Waals surface area (Å²) >= 11 is 0. The summed E-state index contributed by atoms with van der Waals surface area (Å²) in [5.74, 6) is 0.254. The van der Waals surface area contributed by atoms with Crippen LogP contribution in [0.25, 0.3) is 10.9 Å². The van der Waals surface area contributed by atoms with E-state index in [0.717, 1.165) is 42.4 Å². The Morgan fingerprint density at radius 1 is 1.37 bits per heavy atom. The average Bonchev–Trinajstić information content (AvgIpc) is 2.47. The molecular formula is C16H20N2O. The molecule has 0 spiro atoms. The molecule has 19 heavy (non-hydrogen) atoms. The van der Waals surface area contributed by atoms with Gasteiger partial charge in [-0.15, -0.1) is 0 Å². The van der Waals surface area contributed by atoms with Gasteiger partial charge >= 0.3 is 0 Å². The van der Waals surface area contributed by atoms with Crippen molar-refractivity contribution in [1.82, 2.24) is 10.3 Å². The first kappa shape index (κ1) is 12.6. The number of para-hydroxylation sites is 1. The lowest BCUT2D eigenvalue weighted by atomic mass is 9.79. The standard InChI is InChI=1S/C16H20N2O/c1-16(19,13-6-4-8-17-10-13)14-9-12-5-2-3-7-15(12)18-11-14/h2-3,5,7,9,11,13,17,19H,4,6,8,10H2,1H3. The van der Waals surface area contributed by atoms with Gasteiger partial charge in [-0.2, -0.15) is 0 Å². The van der Waals surface area contributed by atoms with Crippen LogP contribution >= 0.6 is 0 Å². The Morgan fingerprint density at radius 2 is 2.21 bits per heavy atom. The Balaban J connectivity index is 1.97. The van der Waals surface area contributed by atoms with Gasteiger partial charge < -0.3 is 10.4 Å². The van der Waals surface area contributed by atoms with Crippen molar-refractivity contribution in [2.75, 3.05) is 13.1 Å². The number of piperidine rings is 1. The molecule has 0 radical (unpaired) electrons. The highest BCUT2D eigenvalue weighted by molar-refractivity contribution is 5.78. The highest BCUT2D eigenvalue weighted by Gasteiger charge is 2.34. The van der Waals surface area contributed by atoms with Gasteiger partial charge in [-0.1, -0.05) is 18.2 Å². The third-order valence-corrected chi connectivity index (χ3v) is 4.27. The first-order valence-electron chi connectivity index (χ1n) is 6.96. The van der Waals surface area contributed by atoms with Crippen LogP contribution in [0.3, 0.4) is 0 Å². The monoisotopic (exact) mass is 256 g/mol. The SMILES string of the molecule is CC(O)(c1cnc2ccccc2c1)C1CCCNC1. The summed E-state index contributed by atoms with van der Waals surface area (Å²) in [6, 6.07) is 10.1. The van der Waals surface area contributed by atoms with Gasteiger partial charge in [-0.05, 0) is 38.4 Å². The molecule has 0 bridgehead atoms. The van der Waals surface area contributed by atoms with E-state index in [-0.39, 0.29) is 5.92 Å². The number of nitrogens with one attached hydrogen (secondary N) is 1. The molecular weight excluding hydrogens is 236 g/mol. The number of pyridine rings is 1. The molecule has 3 heteroatoms. The lowest BCUT2D eigenvalue weighted by Gasteiger charge is -2.36. The summed E-state index contributed by atoms with van der Waals surface area (Å²) in [7, 11) is 0. The minimum Gasteiger partial charge on any atom is -0.385 e. The molecule has 0 amide bonds. The fourth-order valence-electron chi connectivity index (χ4n) is 2.92. The van der Waals surface area contributed by atoms with Crippen LogP contribution in [0.1, 0.15) is 25.3 Å². The number of fused-ring (bicyclic) bond motifs is 1. The molecule has 2 N–H and O–H groups in total. The van der Waals surface area contributed by atoms with Crippen LogP contribution in [0.5, 0.6) is 0 Å². The lowest BCUT2D eigenvalue weighted by molar-refractivity contribution is -0.0158. The topological polar surface area (TPSA) is 45.2 Å². The van der Waals surface area contributed by atoms with E-state index in [0.29, 0.717) is 0 Å². The first-order chi connectivity index (χ1) is 9.18. The molecule has 3 rings (SSSR count). The van der Waals surface area contributed by atoms with E-state index in [1.54, 1.807) is 0 Å². The predicted octanol–water partition coefficient (Wildman–Crippen LogP) is 2.44. The zero-order chi connectivity index (χ0) is 13.3. The van der Waals surface area contributed by atoms with Crippen LogP contribution in [0.15, 0.2) is 36.5 Å². The van der Waals surface area contributed by atoms with Gasteiger partial charge in [0.05, 0.1) is 11.1 Å². The van der Waals surface area contributed by atoms with Crippen LogP contribution in [0, 0.1) is 5.92 Å². The number of aromatic nitrogens is 1. The number of hydrogen-bond donors (Lipinski definition) is 2. The molecule has 2 unspecified atom stereocenters.